The third kappa shape index (κ3) is 2.62. The minimum atomic E-state index is -0.998. The molecule has 1 saturated heterocycles. The van der Waals surface area contributed by atoms with Crippen LogP contribution in [0.5, 0.6) is 0 Å². The molecular formula is C20H28O6. The van der Waals surface area contributed by atoms with E-state index in [1.54, 1.807) is 19.9 Å². The average Bonchev–Trinajstić information content (AvgIpc) is 2.96. The van der Waals surface area contributed by atoms with Crippen molar-refractivity contribution >= 4 is 11.9 Å². The van der Waals surface area contributed by atoms with E-state index in [1.165, 1.54) is 0 Å². The monoisotopic (exact) mass is 364 g/mol. The van der Waals surface area contributed by atoms with Crippen LogP contribution in [0.4, 0.5) is 0 Å². The smallest absolute Gasteiger partial charge is 0.334 e. The Bertz CT molecular complexity index is 667. The first-order valence-electron chi connectivity index (χ1n) is 9.22. The van der Waals surface area contributed by atoms with Crippen molar-refractivity contribution in [2.24, 2.45) is 23.2 Å². The van der Waals surface area contributed by atoms with E-state index in [-0.39, 0.29) is 23.8 Å². The number of allylic oxidation sites excluding steroid dienone is 1. The quantitative estimate of drug-likeness (QED) is 0.573. The zero-order chi connectivity index (χ0) is 19.4. The molecular weight excluding hydrogens is 336 g/mol. The van der Waals surface area contributed by atoms with E-state index in [2.05, 4.69) is 6.58 Å². The summed E-state index contributed by atoms with van der Waals surface area (Å²) >= 11 is 0. The number of carbonyl (C=O) groups excluding carboxylic acids is 2. The normalized spacial score (nSPS) is 45.6. The molecule has 2 N–H and O–H groups in total. The topological polar surface area (TPSA) is 93.1 Å². The van der Waals surface area contributed by atoms with E-state index in [0.29, 0.717) is 12.0 Å². The summed E-state index contributed by atoms with van der Waals surface area (Å²) in [7, 11) is 0. The molecule has 2 aliphatic carbocycles. The van der Waals surface area contributed by atoms with Crippen LogP contribution in [-0.4, -0.2) is 46.6 Å². The molecule has 0 amide bonds. The highest BCUT2D eigenvalue weighted by molar-refractivity contribution is 5.91. The minimum absolute atomic E-state index is 0.00938. The van der Waals surface area contributed by atoms with Crippen molar-refractivity contribution in [1.82, 2.24) is 0 Å². The van der Waals surface area contributed by atoms with Crippen LogP contribution in [-0.2, 0) is 19.1 Å². The maximum absolute atomic E-state index is 12.3. The lowest BCUT2D eigenvalue weighted by molar-refractivity contribution is -0.159. The number of hydrogen-bond acceptors (Lipinski definition) is 6. The summed E-state index contributed by atoms with van der Waals surface area (Å²) in [6.45, 7) is 11.1. The molecule has 0 bridgehead atoms. The Balaban J connectivity index is 2.00. The molecule has 3 fully saturated rings. The zero-order valence-electron chi connectivity index (χ0n) is 15.8. The number of fused-ring (bicyclic) bond motifs is 2. The Kier molecular flexibility index (Phi) is 4.78. The summed E-state index contributed by atoms with van der Waals surface area (Å²) in [4.78, 5) is 24.3. The first-order valence-corrected chi connectivity index (χ1v) is 9.22. The van der Waals surface area contributed by atoms with Crippen LogP contribution in [0.25, 0.3) is 0 Å². The first-order chi connectivity index (χ1) is 12.1. The highest BCUT2D eigenvalue weighted by atomic mass is 16.6. The van der Waals surface area contributed by atoms with Crippen LogP contribution in [0.3, 0.4) is 0 Å². The fraction of sp³-hybridized carbons (Fsp3) is 0.700. The molecule has 1 aliphatic heterocycles. The van der Waals surface area contributed by atoms with Crippen LogP contribution < -0.4 is 0 Å². The van der Waals surface area contributed by atoms with Crippen molar-refractivity contribution in [3.63, 3.8) is 0 Å². The third-order valence-corrected chi connectivity index (χ3v) is 6.80. The van der Waals surface area contributed by atoms with E-state index in [0.717, 1.165) is 0 Å². The van der Waals surface area contributed by atoms with Gasteiger partial charge in [0.1, 0.15) is 12.2 Å². The SMILES string of the molecule is C=C1C(=O)OC2CC(C)C3C(O)CC(OC(=O)C(C)=CC)C3(C)C(O)C12. The van der Waals surface area contributed by atoms with Gasteiger partial charge in [0, 0.05) is 23.0 Å². The summed E-state index contributed by atoms with van der Waals surface area (Å²) in [5.74, 6) is -1.76. The highest BCUT2D eigenvalue weighted by Crippen LogP contribution is 2.57. The number of rotatable bonds is 2. The molecule has 8 unspecified atom stereocenters. The average molecular weight is 364 g/mol. The van der Waals surface area contributed by atoms with Gasteiger partial charge in [-0.05, 0) is 32.1 Å². The number of hydrogen-bond donors (Lipinski definition) is 2. The largest absolute Gasteiger partial charge is 0.458 e. The summed E-state index contributed by atoms with van der Waals surface area (Å²) in [6.07, 6.45) is -0.324. The minimum Gasteiger partial charge on any atom is -0.458 e. The number of aliphatic hydroxyl groups is 2. The molecule has 6 heteroatoms. The Morgan fingerprint density at radius 2 is 2.04 bits per heavy atom. The van der Waals surface area contributed by atoms with E-state index in [4.69, 9.17) is 9.47 Å². The molecule has 1 heterocycles. The molecule has 2 saturated carbocycles. The van der Waals surface area contributed by atoms with Gasteiger partial charge < -0.3 is 19.7 Å². The zero-order valence-corrected chi connectivity index (χ0v) is 15.8. The van der Waals surface area contributed by atoms with Crippen molar-refractivity contribution in [2.45, 2.75) is 65.0 Å². The molecule has 26 heavy (non-hydrogen) atoms. The summed E-state index contributed by atoms with van der Waals surface area (Å²) < 4.78 is 11.1. The van der Waals surface area contributed by atoms with Gasteiger partial charge >= 0.3 is 11.9 Å². The number of ether oxygens (including phenoxy) is 2. The second kappa shape index (κ2) is 6.50. The standard InChI is InChI=1S/C20H28O6/c1-6-9(2)18(23)26-14-8-12(21)16-10(3)7-13-15(11(4)19(24)25-13)17(22)20(14,16)5/h6,10,12-17,21-22H,4,7-8H2,1-3,5H3. The van der Waals surface area contributed by atoms with Crippen LogP contribution in [0.15, 0.2) is 23.8 Å². The summed E-state index contributed by atoms with van der Waals surface area (Å²) in [5.41, 5.74) is -0.157. The molecule has 6 nitrogen and oxygen atoms in total. The molecule has 0 spiro atoms. The molecule has 3 rings (SSSR count). The summed E-state index contributed by atoms with van der Waals surface area (Å²) in [6, 6.07) is 0. The molecule has 3 aliphatic rings. The van der Waals surface area contributed by atoms with Gasteiger partial charge in [-0.1, -0.05) is 26.5 Å². The third-order valence-electron chi connectivity index (χ3n) is 6.80. The predicted octanol–water partition coefficient (Wildman–Crippen LogP) is 1.75. The fourth-order valence-corrected chi connectivity index (χ4v) is 5.28. The molecule has 144 valence electrons. The maximum atomic E-state index is 12.3. The summed E-state index contributed by atoms with van der Waals surface area (Å²) in [5, 5.41) is 22.0. The van der Waals surface area contributed by atoms with Crippen LogP contribution in [0.2, 0.25) is 0 Å². The molecule has 8 atom stereocenters. The number of carbonyl (C=O) groups is 2. The van der Waals surface area contributed by atoms with Crippen molar-refractivity contribution in [3.05, 3.63) is 23.8 Å². The van der Waals surface area contributed by atoms with Gasteiger partial charge in [0.05, 0.1) is 18.1 Å². The van der Waals surface area contributed by atoms with Gasteiger partial charge in [-0.3, -0.25) is 0 Å². The lowest BCUT2D eigenvalue weighted by atomic mass is 9.67. The fourth-order valence-electron chi connectivity index (χ4n) is 5.28. The van der Waals surface area contributed by atoms with E-state index < -0.39 is 47.7 Å². The second-order valence-electron chi connectivity index (χ2n) is 8.21. The van der Waals surface area contributed by atoms with Crippen LogP contribution >= 0.6 is 0 Å². The highest BCUT2D eigenvalue weighted by Gasteiger charge is 2.65. The molecule has 0 aromatic rings. The molecule has 0 radical (unpaired) electrons. The Hall–Kier alpha value is -1.66. The first kappa shape index (κ1) is 19.1. The van der Waals surface area contributed by atoms with Crippen molar-refractivity contribution in [2.75, 3.05) is 0 Å². The van der Waals surface area contributed by atoms with Gasteiger partial charge in [-0.2, -0.15) is 0 Å². The van der Waals surface area contributed by atoms with E-state index in [9.17, 15) is 19.8 Å². The van der Waals surface area contributed by atoms with Crippen molar-refractivity contribution in [1.29, 1.82) is 0 Å². The van der Waals surface area contributed by atoms with E-state index >= 15 is 0 Å². The van der Waals surface area contributed by atoms with Crippen molar-refractivity contribution in [3.8, 4) is 0 Å². The number of esters is 2. The Morgan fingerprint density at radius 1 is 1.38 bits per heavy atom. The predicted molar refractivity (Wildman–Crippen MR) is 93.8 cm³/mol. The van der Waals surface area contributed by atoms with Crippen LogP contribution in [0.1, 0.15) is 40.5 Å². The van der Waals surface area contributed by atoms with E-state index in [1.807, 2.05) is 13.8 Å². The second-order valence-corrected chi connectivity index (χ2v) is 8.21. The lowest BCUT2D eigenvalue weighted by Gasteiger charge is -2.42. The lowest BCUT2D eigenvalue weighted by Crippen LogP contribution is -2.50. The van der Waals surface area contributed by atoms with Gasteiger partial charge in [-0.25, -0.2) is 9.59 Å². The van der Waals surface area contributed by atoms with Crippen LogP contribution in [0, 0.1) is 23.2 Å². The maximum Gasteiger partial charge on any atom is 0.334 e. The van der Waals surface area contributed by atoms with Gasteiger partial charge in [-0.15, -0.1) is 0 Å². The molecule has 0 aromatic heterocycles. The van der Waals surface area contributed by atoms with Crippen molar-refractivity contribution < 1.29 is 29.3 Å². The number of aliphatic hydroxyl groups excluding tert-OH is 2. The van der Waals surface area contributed by atoms with Gasteiger partial charge in [0.2, 0.25) is 0 Å². The Labute approximate surface area is 153 Å². The Morgan fingerprint density at radius 3 is 2.65 bits per heavy atom. The molecule has 0 aromatic carbocycles. The van der Waals surface area contributed by atoms with Gasteiger partial charge in [0.15, 0.2) is 0 Å². The van der Waals surface area contributed by atoms with Gasteiger partial charge in [0.25, 0.3) is 0 Å².